The van der Waals surface area contributed by atoms with Gasteiger partial charge in [-0.15, -0.1) is 0 Å². The maximum Gasteiger partial charge on any atom is 0.227 e. The van der Waals surface area contributed by atoms with Gasteiger partial charge in [0.15, 0.2) is 5.82 Å². The number of hydrogen-bond acceptors (Lipinski definition) is 4. The smallest absolute Gasteiger partial charge is 0.227 e. The molecule has 1 heterocycles. The highest BCUT2D eigenvalue weighted by Gasteiger charge is 2.60. The third-order valence-electron chi connectivity index (χ3n) is 6.09. The van der Waals surface area contributed by atoms with Crippen molar-refractivity contribution in [2.24, 2.45) is 16.7 Å². The van der Waals surface area contributed by atoms with Gasteiger partial charge in [-0.1, -0.05) is 25.9 Å². The fourth-order valence-electron chi connectivity index (χ4n) is 4.31. The van der Waals surface area contributed by atoms with Crippen molar-refractivity contribution in [2.75, 3.05) is 6.54 Å². The molecule has 2 aliphatic carbocycles. The molecule has 3 unspecified atom stereocenters. The molecule has 4 heteroatoms. The maximum absolute atomic E-state index is 5.16. The minimum atomic E-state index is 0.447. The fourth-order valence-corrected chi connectivity index (χ4v) is 4.31. The van der Waals surface area contributed by atoms with E-state index in [0.717, 1.165) is 30.6 Å². The Balaban J connectivity index is 1.57. The Hall–Kier alpha value is -0.900. The van der Waals surface area contributed by atoms with Crippen LogP contribution in [0, 0.1) is 23.7 Å². The topological polar surface area (TPSA) is 51.0 Å². The molecular formula is C15H25N3O. The number of fused-ring (bicyclic) bond motifs is 2. The zero-order chi connectivity index (χ0) is 13.7. The molecule has 0 spiro atoms. The SMILES string of the molecule is Cc1noc(CCNC2CC3CCC2(C)C3(C)C)n1. The first-order valence-electron chi connectivity index (χ1n) is 7.46. The molecule has 2 fully saturated rings. The van der Waals surface area contributed by atoms with E-state index in [1.165, 1.54) is 19.3 Å². The van der Waals surface area contributed by atoms with Crippen molar-refractivity contribution < 1.29 is 4.52 Å². The van der Waals surface area contributed by atoms with E-state index < -0.39 is 0 Å². The Morgan fingerprint density at radius 3 is 2.68 bits per heavy atom. The van der Waals surface area contributed by atoms with Gasteiger partial charge in [0.25, 0.3) is 0 Å². The number of hydrogen-bond donors (Lipinski definition) is 1. The quantitative estimate of drug-likeness (QED) is 0.907. The Morgan fingerprint density at radius 2 is 2.16 bits per heavy atom. The average Bonchev–Trinajstić information content (AvgIpc) is 2.90. The van der Waals surface area contributed by atoms with E-state index in [1.807, 2.05) is 6.92 Å². The fraction of sp³-hybridized carbons (Fsp3) is 0.867. The minimum Gasteiger partial charge on any atom is -0.339 e. The second-order valence-corrected chi connectivity index (χ2v) is 7.10. The summed E-state index contributed by atoms with van der Waals surface area (Å²) in [5.41, 5.74) is 0.925. The van der Waals surface area contributed by atoms with Gasteiger partial charge in [-0.05, 0) is 42.9 Å². The van der Waals surface area contributed by atoms with Crippen LogP contribution in [0.4, 0.5) is 0 Å². The van der Waals surface area contributed by atoms with Crippen molar-refractivity contribution >= 4 is 0 Å². The van der Waals surface area contributed by atoms with E-state index in [9.17, 15) is 0 Å². The lowest BCUT2D eigenvalue weighted by Gasteiger charge is -2.39. The van der Waals surface area contributed by atoms with Crippen LogP contribution in [-0.2, 0) is 6.42 Å². The Kier molecular flexibility index (Phi) is 2.97. The highest BCUT2D eigenvalue weighted by Crippen LogP contribution is 2.65. The maximum atomic E-state index is 5.16. The first kappa shape index (κ1) is 13.1. The first-order chi connectivity index (χ1) is 8.93. The normalized spacial score (nSPS) is 36.0. The summed E-state index contributed by atoms with van der Waals surface area (Å²) < 4.78 is 5.16. The molecule has 2 saturated carbocycles. The standard InChI is InChI=1S/C15H25N3O/c1-10-17-13(19-18-10)6-8-16-12-9-11-5-7-15(12,4)14(11,2)3/h11-12,16H,5-9H2,1-4H3. The van der Waals surface area contributed by atoms with Crippen LogP contribution < -0.4 is 5.32 Å². The van der Waals surface area contributed by atoms with Gasteiger partial charge in [-0.25, -0.2) is 0 Å². The van der Waals surface area contributed by atoms with Gasteiger partial charge in [0.05, 0.1) is 0 Å². The molecule has 1 aromatic heterocycles. The van der Waals surface area contributed by atoms with Crippen LogP contribution >= 0.6 is 0 Å². The van der Waals surface area contributed by atoms with Crippen LogP contribution in [0.5, 0.6) is 0 Å². The molecule has 0 saturated heterocycles. The van der Waals surface area contributed by atoms with Crippen molar-refractivity contribution in [3.05, 3.63) is 11.7 Å². The molecular weight excluding hydrogens is 238 g/mol. The Bertz CT molecular complexity index is 468. The summed E-state index contributed by atoms with van der Waals surface area (Å²) in [5, 5.41) is 7.57. The van der Waals surface area contributed by atoms with Gasteiger partial charge < -0.3 is 9.84 Å². The summed E-state index contributed by atoms with van der Waals surface area (Å²) in [6.45, 7) is 10.2. The highest BCUT2D eigenvalue weighted by atomic mass is 16.5. The number of rotatable bonds is 4. The second-order valence-electron chi connectivity index (χ2n) is 7.10. The lowest BCUT2D eigenvalue weighted by Crippen LogP contribution is -2.45. The second kappa shape index (κ2) is 4.30. The van der Waals surface area contributed by atoms with E-state index in [0.29, 0.717) is 16.9 Å². The molecule has 1 N–H and O–H groups in total. The largest absolute Gasteiger partial charge is 0.339 e. The predicted molar refractivity (Wildman–Crippen MR) is 73.8 cm³/mol. The molecule has 4 nitrogen and oxygen atoms in total. The van der Waals surface area contributed by atoms with Crippen LogP contribution in [0.15, 0.2) is 4.52 Å². The van der Waals surface area contributed by atoms with Gasteiger partial charge in [-0.3, -0.25) is 0 Å². The summed E-state index contributed by atoms with van der Waals surface area (Å²) in [7, 11) is 0. The minimum absolute atomic E-state index is 0.447. The van der Waals surface area contributed by atoms with Crippen LogP contribution in [0.3, 0.4) is 0 Å². The number of nitrogens with zero attached hydrogens (tertiary/aromatic N) is 2. The van der Waals surface area contributed by atoms with Crippen LogP contribution in [0.1, 0.15) is 51.7 Å². The lowest BCUT2D eigenvalue weighted by molar-refractivity contribution is 0.121. The molecule has 0 aromatic carbocycles. The van der Waals surface area contributed by atoms with Crippen LogP contribution in [0.2, 0.25) is 0 Å². The number of aromatic nitrogens is 2. The molecule has 19 heavy (non-hydrogen) atoms. The van der Waals surface area contributed by atoms with Gasteiger partial charge in [0, 0.05) is 19.0 Å². The average molecular weight is 263 g/mol. The van der Waals surface area contributed by atoms with Crippen molar-refractivity contribution in [2.45, 2.75) is 59.4 Å². The van der Waals surface area contributed by atoms with Crippen molar-refractivity contribution in [1.82, 2.24) is 15.5 Å². The molecule has 0 aliphatic heterocycles. The molecule has 0 amide bonds. The Morgan fingerprint density at radius 1 is 1.37 bits per heavy atom. The van der Waals surface area contributed by atoms with E-state index >= 15 is 0 Å². The first-order valence-corrected chi connectivity index (χ1v) is 7.46. The Labute approximate surface area is 115 Å². The zero-order valence-corrected chi connectivity index (χ0v) is 12.5. The number of nitrogens with one attached hydrogen (secondary N) is 1. The molecule has 1 aromatic rings. The molecule has 2 aliphatic rings. The summed E-state index contributed by atoms with van der Waals surface area (Å²) >= 11 is 0. The van der Waals surface area contributed by atoms with Crippen molar-refractivity contribution in [3.63, 3.8) is 0 Å². The van der Waals surface area contributed by atoms with Crippen molar-refractivity contribution in [1.29, 1.82) is 0 Å². The predicted octanol–water partition coefficient (Wildman–Crippen LogP) is 2.72. The van der Waals surface area contributed by atoms with E-state index in [4.69, 9.17) is 4.52 Å². The molecule has 0 radical (unpaired) electrons. The summed E-state index contributed by atoms with van der Waals surface area (Å²) in [5.74, 6) is 2.36. The number of aryl methyl sites for hydroxylation is 1. The third-order valence-corrected chi connectivity index (χ3v) is 6.09. The van der Waals surface area contributed by atoms with E-state index in [1.54, 1.807) is 0 Å². The molecule has 106 valence electrons. The summed E-state index contributed by atoms with van der Waals surface area (Å²) in [6.07, 6.45) is 4.93. The molecule has 3 atom stereocenters. The molecule has 2 bridgehead atoms. The zero-order valence-electron chi connectivity index (χ0n) is 12.5. The van der Waals surface area contributed by atoms with Gasteiger partial charge in [-0.2, -0.15) is 4.98 Å². The van der Waals surface area contributed by atoms with Crippen LogP contribution in [0.25, 0.3) is 0 Å². The van der Waals surface area contributed by atoms with Gasteiger partial charge in [0.2, 0.25) is 5.89 Å². The molecule has 3 rings (SSSR count). The summed E-state index contributed by atoms with van der Waals surface area (Å²) in [4.78, 5) is 4.25. The van der Waals surface area contributed by atoms with E-state index in [2.05, 4.69) is 36.2 Å². The van der Waals surface area contributed by atoms with Gasteiger partial charge >= 0.3 is 0 Å². The van der Waals surface area contributed by atoms with Crippen LogP contribution in [-0.4, -0.2) is 22.7 Å². The summed E-state index contributed by atoms with van der Waals surface area (Å²) in [6, 6.07) is 0.644. The lowest BCUT2D eigenvalue weighted by atomic mass is 9.69. The van der Waals surface area contributed by atoms with E-state index in [-0.39, 0.29) is 0 Å². The third kappa shape index (κ3) is 1.92. The van der Waals surface area contributed by atoms with Crippen molar-refractivity contribution in [3.8, 4) is 0 Å². The van der Waals surface area contributed by atoms with Gasteiger partial charge in [0.1, 0.15) is 0 Å². The monoisotopic (exact) mass is 263 g/mol. The highest BCUT2D eigenvalue weighted by molar-refractivity contribution is 5.13.